The van der Waals surface area contributed by atoms with Gasteiger partial charge in [-0.15, -0.1) is 0 Å². The topological polar surface area (TPSA) is 65.1 Å². The van der Waals surface area contributed by atoms with E-state index in [2.05, 4.69) is 14.4 Å². The molecule has 0 bridgehead atoms. The second-order valence-electron chi connectivity index (χ2n) is 9.85. The Kier molecular flexibility index (Phi) is 26.6. The lowest BCUT2D eigenvalue weighted by atomic mass is 10.1. The summed E-state index contributed by atoms with van der Waals surface area (Å²) in [4.78, 5) is 24.8. The Morgan fingerprint density at radius 3 is 1.09 bits per heavy atom. The summed E-state index contributed by atoms with van der Waals surface area (Å²) >= 11 is 0. The largest absolute Gasteiger partial charge is 0.469 e. The maximum atomic E-state index is 11.1. The van der Waals surface area contributed by atoms with Gasteiger partial charge in [0, 0.05) is 26.5 Å². The van der Waals surface area contributed by atoms with Crippen LogP contribution >= 0.6 is 0 Å². The standard InChI is InChI=1S/C29H57NO5/c1-33-27-26-30(24-20-16-12-8-4-6-10-14-18-22-28(31)34-2)25-21-17-13-9-5-7-11-15-19-23-29(32)35-3/h4-27H2,1-3H3. The zero-order valence-corrected chi connectivity index (χ0v) is 23.5. The molecule has 35 heavy (non-hydrogen) atoms. The number of esters is 2. The molecule has 0 N–H and O–H groups in total. The van der Waals surface area contributed by atoms with Crippen LogP contribution in [-0.2, 0) is 23.8 Å². The van der Waals surface area contributed by atoms with Crippen molar-refractivity contribution in [3.8, 4) is 0 Å². The normalized spacial score (nSPS) is 11.2. The maximum Gasteiger partial charge on any atom is 0.305 e. The molecular formula is C29H57NO5. The maximum absolute atomic E-state index is 11.1. The van der Waals surface area contributed by atoms with E-state index < -0.39 is 0 Å². The van der Waals surface area contributed by atoms with Gasteiger partial charge >= 0.3 is 11.9 Å². The van der Waals surface area contributed by atoms with E-state index in [1.165, 1.54) is 117 Å². The van der Waals surface area contributed by atoms with Crippen molar-refractivity contribution in [3.63, 3.8) is 0 Å². The molecule has 0 heterocycles. The number of hydrogen-bond acceptors (Lipinski definition) is 6. The molecule has 0 aliphatic rings. The smallest absolute Gasteiger partial charge is 0.305 e. The van der Waals surface area contributed by atoms with Gasteiger partial charge in [0.1, 0.15) is 0 Å². The summed E-state index contributed by atoms with van der Waals surface area (Å²) < 4.78 is 14.7. The zero-order chi connectivity index (χ0) is 25.8. The van der Waals surface area contributed by atoms with Crippen LogP contribution in [0.3, 0.4) is 0 Å². The van der Waals surface area contributed by atoms with Crippen LogP contribution in [0.25, 0.3) is 0 Å². The van der Waals surface area contributed by atoms with E-state index >= 15 is 0 Å². The second-order valence-corrected chi connectivity index (χ2v) is 9.85. The lowest BCUT2D eigenvalue weighted by Gasteiger charge is -2.22. The van der Waals surface area contributed by atoms with Crippen LogP contribution in [0.15, 0.2) is 0 Å². The molecule has 0 aliphatic carbocycles. The highest BCUT2D eigenvalue weighted by Crippen LogP contribution is 2.13. The Bertz CT molecular complexity index is 434. The Labute approximate surface area is 216 Å². The lowest BCUT2D eigenvalue weighted by molar-refractivity contribution is -0.141. The summed E-state index contributed by atoms with van der Waals surface area (Å²) in [6.07, 6.45) is 23.6. The molecule has 6 nitrogen and oxygen atoms in total. The van der Waals surface area contributed by atoms with Gasteiger partial charge in [-0.25, -0.2) is 0 Å². The number of nitrogens with zero attached hydrogens (tertiary/aromatic N) is 1. The fourth-order valence-electron chi connectivity index (χ4n) is 4.44. The fourth-order valence-corrected chi connectivity index (χ4v) is 4.44. The monoisotopic (exact) mass is 499 g/mol. The van der Waals surface area contributed by atoms with Crippen molar-refractivity contribution >= 4 is 11.9 Å². The number of methoxy groups -OCH3 is 3. The van der Waals surface area contributed by atoms with E-state index in [9.17, 15) is 9.59 Å². The number of carbonyl (C=O) groups excluding carboxylic acids is 2. The van der Waals surface area contributed by atoms with E-state index in [4.69, 9.17) is 4.74 Å². The van der Waals surface area contributed by atoms with Crippen molar-refractivity contribution in [2.75, 3.05) is 47.6 Å². The number of carbonyl (C=O) groups is 2. The van der Waals surface area contributed by atoms with Crippen molar-refractivity contribution in [1.82, 2.24) is 4.90 Å². The molecule has 0 aromatic heterocycles. The summed E-state index contributed by atoms with van der Waals surface area (Å²) in [6.45, 7) is 4.27. The molecule has 0 aliphatic heterocycles. The van der Waals surface area contributed by atoms with E-state index in [-0.39, 0.29) is 11.9 Å². The Morgan fingerprint density at radius 2 is 0.771 bits per heavy atom. The summed E-state index contributed by atoms with van der Waals surface area (Å²) in [5.74, 6) is -0.164. The molecule has 208 valence electrons. The third kappa shape index (κ3) is 25.8. The SMILES string of the molecule is COCCN(CCCCCCCCCCCC(=O)OC)CCCCCCCCCCCC(=O)OC. The average molecular weight is 500 g/mol. The minimum Gasteiger partial charge on any atom is -0.469 e. The molecule has 0 amide bonds. The van der Waals surface area contributed by atoms with Crippen LogP contribution in [0.2, 0.25) is 0 Å². The third-order valence-corrected chi connectivity index (χ3v) is 6.78. The van der Waals surface area contributed by atoms with Crippen LogP contribution in [0.5, 0.6) is 0 Å². The fraction of sp³-hybridized carbons (Fsp3) is 0.931. The van der Waals surface area contributed by atoms with Crippen LogP contribution in [0.1, 0.15) is 128 Å². The van der Waals surface area contributed by atoms with Crippen molar-refractivity contribution in [3.05, 3.63) is 0 Å². The molecular weight excluding hydrogens is 442 g/mol. The predicted molar refractivity (Wildman–Crippen MR) is 145 cm³/mol. The Balaban J connectivity index is 3.55. The van der Waals surface area contributed by atoms with E-state index in [1.54, 1.807) is 7.11 Å². The summed E-state index contributed by atoms with van der Waals surface area (Å²) in [5.41, 5.74) is 0. The first kappa shape index (κ1) is 33.9. The van der Waals surface area contributed by atoms with Gasteiger partial charge < -0.3 is 19.1 Å². The molecule has 0 rings (SSSR count). The molecule has 0 saturated heterocycles. The van der Waals surface area contributed by atoms with Crippen molar-refractivity contribution in [1.29, 1.82) is 0 Å². The average Bonchev–Trinajstić information content (AvgIpc) is 2.87. The van der Waals surface area contributed by atoms with E-state index in [1.807, 2.05) is 0 Å². The molecule has 0 fully saturated rings. The number of hydrogen-bond donors (Lipinski definition) is 0. The molecule has 0 atom stereocenters. The second kappa shape index (κ2) is 27.4. The molecule has 6 heteroatoms. The minimum absolute atomic E-state index is 0.0821. The Morgan fingerprint density at radius 1 is 0.457 bits per heavy atom. The minimum atomic E-state index is -0.0821. The highest BCUT2D eigenvalue weighted by molar-refractivity contribution is 5.69. The van der Waals surface area contributed by atoms with Crippen LogP contribution in [0, 0.1) is 0 Å². The van der Waals surface area contributed by atoms with Crippen LogP contribution in [0.4, 0.5) is 0 Å². The molecule has 0 spiro atoms. The summed E-state index contributed by atoms with van der Waals surface area (Å²) in [5, 5.41) is 0. The molecule has 0 aromatic rings. The first-order chi connectivity index (χ1) is 17.1. The highest BCUT2D eigenvalue weighted by atomic mass is 16.5. The molecule has 0 radical (unpaired) electrons. The Hall–Kier alpha value is -1.14. The van der Waals surface area contributed by atoms with Crippen molar-refractivity contribution < 1.29 is 23.8 Å². The van der Waals surface area contributed by atoms with Crippen molar-refractivity contribution in [2.45, 2.75) is 128 Å². The first-order valence-electron chi connectivity index (χ1n) is 14.5. The van der Waals surface area contributed by atoms with Crippen LogP contribution in [-0.4, -0.2) is 64.4 Å². The van der Waals surface area contributed by atoms with Gasteiger partial charge in [-0.05, 0) is 38.8 Å². The zero-order valence-electron chi connectivity index (χ0n) is 23.5. The quantitative estimate of drug-likeness (QED) is 0.0888. The van der Waals surface area contributed by atoms with Gasteiger partial charge in [0.25, 0.3) is 0 Å². The van der Waals surface area contributed by atoms with Crippen LogP contribution < -0.4 is 0 Å². The first-order valence-corrected chi connectivity index (χ1v) is 14.5. The third-order valence-electron chi connectivity index (χ3n) is 6.78. The number of ether oxygens (including phenoxy) is 3. The van der Waals surface area contributed by atoms with Gasteiger partial charge in [0.2, 0.25) is 0 Å². The van der Waals surface area contributed by atoms with Gasteiger partial charge in [0.05, 0.1) is 20.8 Å². The highest BCUT2D eigenvalue weighted by Gasteiger charge is 2.05. The predicted octanol–water partition coefficient (Wildman–Crippen LogP) is 7.08. The number of unbranched alkanes of at least 4 members (excludes halogenated alkanes) is 16. The summed E-state index contributed by atoms with van der Waals surface area (Å²) in [7, 11) is 4.72. The van der Waals surface area contributed by atoms with Gasteiger partial charge in [-0.1, -0.05) is 89.9 Å². The lowest BCUT2D eigenvalue weighted by Crippen LogP contribution is -2.29. The summed E-state index contributed by atoms with van der Waals surface area (Å²) in [6, 6.07) is 0. The molecule has 0 saturated carbocycles. The van der Waals surface area contributed by atoms with Crippen molar-refractivity contribution in [2.24, 2.45) is 0 Å². The van der Waals surface area contributed by atoms with E-state index in [0.29, 0.717) is 12.8 Å². The van der Waals surface area contributed by atoms with Gasteiger partial charge in [-0.3, -0.25) is 9.59 Å². The molecule has 0 aromatic carbocycles. The van der Waals surface area contributed by atoms with Gasteiger partial charge in [-0.2, -0.15) is 0 Å². The van der Waals surface area contributed by atoms with Gasteiger partial charge in [0.15, 0.2) is 0 Å². The molecule has 0 unspecified atom stereocenters. The number of rotatable bonds is 27. The van der Waals surface area contributed by atoms with E-state index in [0.717, 1.165) is 38.8 Å².